The molecule has 2 heterocycles. The molecule has 0 saturated carbocycles. The van der Waals surface area contributed by atoms with Crippen LogP contribution in [0.25, 0.3) is 11.5 Å². The second kappa shape index (κ2) is 10.7. The smallest absolute Gasteiger partial charge is 0.226 e. The van der Waals surface area contributed by atoms with E-state index >= 15 is 0 Å². The van der Waals surface area contributed by atoms with Crippen LogP contribution in [0.5, 0.6) is 17.2 Å². The number of para-hydroxylation sites is 1. The summed E-state index contributed by atoms with van der Waals surface area (Å²) in [6.07, 6.45) is 3.60. The first-order valence-corrected chi connectivity index (χ1v) is 11.3. The van der Waals surface area contributed by atoms with E-state index in [-0.39, 0.29) is 0 Å². The minimum absolute atomic E-state index is 0.565. The second-order valence-corrected chi connectivity index (χ2v) is 7.94. The molecule has 0 unspecified atom stereocenters. The van der Waals surface area contributed by atoms with Crippen molar-refractivity contribution in [2.75, 3.05) is 7.11 Å². The van der Waals surface area contributed by atoms with Crippen LogP contribution in [0.4, 0.5) is 0 Å². The lowest BCUT2D eigenvalue weighted by Gasteiger charge is -2.06. The molecule has 0 atom stereocenters. The Morgan fingerprint density at radius 2 is 1.54 bits per heavy atom. The van der Waals surface area contributed by atoms with E-state index in [1.807, 2.05) is 89.7 Å². The van der Waals surface area contributed by atoms with E-state index in [1.165, 1.54) is 0 Å². The van der Waals surface area contributed by atoms with Crippen LogP contribution in [0.15, 0.2) is 95.7 Å². The number of oxazole rings is 1. The summed E-state index contributed by atoms with van der Waals surface area (Å²) in [7, 11) is 1.64. The van der Waals surface area contributed by atoms with Gasteiger partial charge in [0.15, 0.2) is 0 Å². The maximum absolute atomic E-state index is 5.84. The molecular weight excluding hydrogens is 442 g/mol. The van der Waals surface area contributed by atoms with Gasteiger partial charge >= 0.3 is 0 Å². The molecular formula is C27H25N5O3. The van der Waals surface area contributed by atoms with Crippen molar-refractivity contribution in [3.8, 4) is 28.7 Å². The van der Waals surface area contributed by atoms with Gasteiger partial charge < -0.3 is 19.2 Å². The number of hydrogen-bond donors (Lipinski definition) is 1. The standard InChI is InChI=1S/C27H25N5O3/c1-33-24-13-9-21(10-14-24)27-29-23(19-34-27)16-28-15-22-18-32(31-30-22)17-20-7-11-26(12-8-20)35-25-5-3-2-4-6-25/h2-14,18-19,28H,15-17H2,1H3. The molecule has 1 N–H and O–H groups in total. The van der Waals surface area contributed by atoms with Gasteiger partial charge in [0.25, 0.3) is 0 Å². The molecule has 0 aliphatic heterocycles. The number of rotatable bonds is 10. The Morgan fingerprint density at radius 3 is 2.31 bits per heavy atom. The molecule has 0 aliphatic rings. The predicted molar refractivity (Wildman–Crippen MR) is 131 cm³/mol. The van der Waals surface area contributed by atoms with Gasteiger partial charge in [-0.25, -0.2) is 9.67 Å². The van der Waals surface area contributed by atoms with Gasteiger partial charge in [0.1, 0.15) is 23.5 Å². The van der Waals surface area contributed by atoms with Gasteiger partial charge in [0, 0.05) is 18.7 Å². The molecule has 0 bridgehead atoms. The number of benzene rings is 3. The summed E-state index contributed by atoms with van der Waals surface area (Å²) in [6, 6.07) is 25.3. The molecule has 35 heavy (non-hydrogen) atoms. The van der Waals surface area contributed by atoms with E-state index in [4.69, 9.17) is 13.9 Å². The fourth-order valence-corrected chi connectivity index (χ4v) is 3.54. The van der Waals surface area contributed by atoms with Gasteiger partial charge in [-0.05, 0) is 54.1 Å². The van der Waals surface area contributed by atoms with Crippen LogP contribution in [-0.2, 0) is 19.6 Å². The normalized spacial score (nSPS) is 10.9. The lowest BCUT2D eigenvalue weighted by atomic mass is 10.2. The Balaban J connectivity index is 1.10. The summed E-state index contributed by atoms with van der Waals surface area (Å²) < 4.78 is 18.5. The van der Waals surface area contributed by atoms with Crippen LogP contribution in [0, 0.1) is 0 Å². The van der Waals surface area contributed by atoms with Gasteiger partial charge in [-0.3, -0.25) is 0 Å². The lowest BCUT2D eigenvalue weighted by Crippen LogP contribution is -2.13. The molecule has 8 heteroatoms. The molecule has 5 aromatic rings. The first-order chi connectivity index (χ1) is 17.2. The maximum Gasteiger partial charge on any atom is 0.226 e. The molecule has 5 rings (SSSR count). The number of hydrogen-bond acceptors (Lipinski definition) is 7. The SMILES string of the molecule is COc1ccc(-c2nc(CNCc3cn(Cc4ccc(Oc5ccccc5)cc4)nn3)co2)cc1. The van der Waals surface area contributed by atoms with Crippen molar-refractivity contribution in [2.24, 2.45) is 0 Å². The average molecular weight is 468 g/mol. The number of ether oxygens (including phenoxy) is 2. The van der Waals surface area contributed by atoms with Crippen molar-refractivity contribution in [1.82, 2.24) is 25.3 Å². The summed E-state index contributed by atoms with van der Waals surface area (Å²) >= 11 is 0. The van der Waals surface area contributed by atoms with Gasteiger partial charge in [-0.15, -0.1) is 5.10 Å². The van der Waals surface area contributed by atoms with E-state index in [2.05, 4.69) is 20.6 Å². The largest absolute Gasteiger partial charge is 0.497 e. The zero-order chi connectivity index (χ0) is 23.9. The Kier molecular flexibility index (Phi) is 6.82. The highest BCUT2D eigenvalue weighted by Crippen LogP contribution is 2.22. The van der Waals surface area contributed by atoms with Crippen LogP contribution in [-0.4, -0.2) is 27.1 Å². The van der Waals surface area contributed by atoms with Crippen LogP contribution < -0.4 is 14.8 Å². The highest BCUT2D eigenvalue weighted by atomic mass is 16.5. The van der Waals surface area contributed by atoms with E-state index in [0.29, 0.717) is 25.5 Å². The fourth-order valence-electron chi connectivity index (χ4n) is 3.54. The van der Waals surface area contributed by atoms with Crippen molar-refractivity contribution >= 4 is 0 Å². The molecule has 0 saturated heterocycles. The third kappa shape index (κ3) is 5.93. The molecule has 0 spiro atoms. The first-order valence-electron chi connectivity index (χ1n) is 11.3. The number of aromatic nitrogens is 4. The van der Waals surface area contributed by atoms with Gasteiger partial charge in [-0.2, -0.15) is 0 Å². The maximum atomic E-state index is 5.84. The highest BCUT2D eigenvalue weighted by molar-refractivity contribution is 5.54. The Bertz CT molecular complexity index is 1350. The average Bonchev–Trinajstić information content (AvgIpc) is 3.56. The Morgan fingerprint density at radius 1 is 0.829 bits per heavy atom. The fraction of sp³-hybridized carbons (Fsp3) is 0.148. The summed E-state index contributed by atoms with van der Waals surface area (Å²) in [5.41, 5.74) is 3.69. The van der Waals surface area contributed by atoms with Crippen molar-refractivity contribution < 1.29 is 13.9 Å². The van der Waals surface area contributed by atoms with E-state index in [1.54, 1.807) is 13.4 Å². The second-order valence-electron chi connectivity index (χ2n) is 7.94. The molecule has 0 fully saturated rings. The molecule has 0 aliphatic carbocycles. The van der Waals surface area contributed by atoms with Crippen LogP contribution in [0.2, 0.25) is 0 Å². The van der Waals surface area contributed by atoms with Gasteiger partial charge in [0.2, 0.25) is 5.89 Å². The third-order valence-corrected chi connectivity index (χ3v) is 5.33. The Hall–Kier alpha value is -4.43. The first kappa shape index (κ1) is 22.4. The summed E-state index contributed by atoms with van der Waals surface area (Å²) in [5, 5.41) is 11.8. The minimum atomic E-state index is 0.565. The summed E-state index contributed by atoms with van der Waals surface area (Å²) in [5.74, 6) is 2.99. The minimum Gasteiger partial charge on any atom is -0.497 e. The van der Waals surface area contributed by atoms with E-state index < -0.39 is 0 Å². The predicted octanol–water partition coefficient (Wildman–Crippen LogP) is 5.07. The van der Waals surface area contributed by atoms with Gasteiger partial charge in [-0.1, -0.05) is 35.5 Å². The lowest BCUT2D eigenvalue weighted by molar-refractivity contribution is 0.415. The monoisotopic (exact) mass is 467 g/mol. The van der Waals surface area contributed by atoms with E-state index in [9.17, 15) is 0 Å². The molecule has 0 radical (unpaired) electrons. The quantitative estimate of drug-likeness (QED) is 0.307. The van der Waals surface area contributed by atoms with Crippen molar-refractivity contribution in [1.29, 1.82) is 0 Å². The summed E-state index contributed by atoms with van der Waals surface area (Å²) in [4.78, 5) is 4.54. The Labute approximate surface area is 203 Å². The number of methoxy groups -OCH3 is 1. The van der Waals surface area contributed by atoms with Crippen LogP contribution in [0.1, 0.15) is 17.0 Å². The topological polar surface area (TPSA) is 87.2 Å². The zero-order valence-corrected chi connectivity index (χ0v) is 19.3. The number of nitrogens with one attached hydrogen (secondary N) is 1. The van der Waals surface area contributed by atoms with Crippen LogP contribution >= 0.6 is 0 Å². The highest BCUT2D eigenvalue weighted by Gasteiger charge is 2.08. The summed E-state index contributed by atoms with van der Waals surface area (Å²) in [6.45, 7) is 1.77. The molecule has 2 aromatic heterocycles. The van der Waals surface area contributed by atoms with Crippen molar-refractivity contribution in [3.05, 3.63) is 108 Å². The zero-order valence-electron chi connectivity index (χ0n) is 19.3. The van der Waals surface area contributed by atoms with Gasteiger partial charge in [0.05, 0.1) is 31.2 Å². The van der Waals surface area contributed by atoms with Crippen LogP contribution in [0.3, 0.4) is 0 Å². The number of nitrogens with zero attached hydrogens (tertiary/aromatic N) is 4. The van der Waals surface area contributed by atoms with Crippen molar-refractivity contribution in [3.63, 3.8) is 0 Å². The third-order valence-electron chi connectivity index (χ3n) is 5.33. The molecule has 3 aromatic carbocycles. The molecule has 0 amide bonds. The van der Waals surface area contributed by atoms with E-state index in [0.717, 1.165) is 39.8 Å². The molecule has 8 nitrogen and oxygen atoms in total. The molecule has 176 valence electrons. The van der Waals surface area contributed by atoms with Crippen molar-refractivity contribution in [2.45, 2.75) is 19.6 Å².